The third kappa shape index (κ3) is 7.12. The minimum atomic E-state index is -0.660. The van der Waals surface area contributed by atoms with E-state index >= 15 is 0 Å². The highest BCUT2D eigenvalue weighted by Crippen LogP contribution is 2.18. The summed E-state index contributed by atoms with van der Waals surface area (Å²) in [4.78, 5) is 0. The summed E-state index contributed by atoms with van der Waals surface area (Å²) in [6.45, 7) is 0.367. The second kappa shape index (κ2) is 10.5. The van der Waals surface area contributed by atoms with E-state index in [-0.39, 0.29) is 25.0 Å². The lowest BCUT2D eigenvalue weighted by Crippen LogP contribution is -2.18. The highest BCUT2D eigenvalue weighted by Gasteiger charge is 2.05. The second-order valence-corrected chi connectivity index (χ2v) is 6.32. The Bertz CT molecular complexity index is 561. The van der Waals surface area contributed by atoms with Crippen molar-refractivity contribution in [2.45, 2.75) is 18.6 Å². The van der Waals surface area contributed by atoms with E-state index in [9.17, 15) is 10.2 Å². The molecule has 2 rings (SSSR count). The van der Waals surface area contributed by atoms with Crippen LogP contribution in [0.4, 0.5) is 0 Å². The van der Waals surface area contributed by atoms with Crippen molar-refractivity contribution < 1.29 is 19.7 Å². The van der Waals surface area contributed by atoms with Gasteiger partial charge in [0.2, 0.25) is 0 Å². The van der Waals surface area contributed by atoms with Gasteiger partial charge >= 0.3 is 0 Å². The van der Waals surface area contributed by atoms with Gasteiger partial charge in [0.05, 0.1) is 11.8 Å². The smallest absolute Gasteiger partial charge is 0.119 e. The number of aliphatic hydroxyl groups is 2. The highest BCUT2D eigenvalue weighted by molar-refractivity contribution is 6.18. The molecule has 25 heavy (non-hydrogen) atoms. The monoisotopic (exact) mass is 384 g/mol. The van der Waals surface area contributed by atoms with Crippen molar-refractivity contribution in [2.75, 3.05) is 25.0 Å². The Morgan fingerprint density at radius 3 is 1.36 bits per heavy atom. The number of halogens is 2. The van der Waals surface area contributed by atoms with E-state index in [0.29, 0.717) is 11.5 Å². The molecule has 4 nitrogen and oxygen atoms in total. The van der Waals surface area contributed by atoms with Gasteiger partial charge in [-0.1, -0.05) is 24.3 Å². The van der Waals surface area contributed by atoms with E-state index in [0.717, 1.165) is 17.5 Å². The van der Waals surface area contributed by atoms with Gasteiger partial charge in [-0.25, -0.2) is 0 Å². The van der Waals surface area contributed by atoms with Gasteiger partial charge in [0.25, 0.3) is 0 Å². The first-order valence-electron chi connectivity index (χ1n) is 8.02. The van der Waals surface area contributed by atoms with E-state index in [2.05, 4.69) is 0 Å². The molecule has 2 aromatic carbocycles. The van der Waals surface area contributed by atoms with Gasteiger partial charge in [0, 0.05) is 0 Å². The molecular weight excluding hydrogens is 363 g/mol. The van der Waals surface area contributed by atoms with Crippen LogP contribution in [0.1, 0.15) is 11.1 Å². The maximum absolute atomic E-state index is 9.39. The molecule has 0 aromatic heterocycles. The predicted octanol–water partition coefficient (Wildman–Crippen LogP) is 3.23. The fourth-order valence-electron chi connectivity index (χ4n) is 2.12. The van der Waals surface area contributed by atoms with Crippen LogP contribution in [0, 0.1) is 0 Å². The minimum absolute atomic E-state index is 0.155. The molecule has 2 N–H and O–H groups in total. The summed E-state index contributed by atoms with van der Waals surface area (Å²) >= 11 is 11.1. The van der Waals surface area contributed by atoms with Gasteiger partial charge in [-0.05, 0) is 41.8 Å². The Balaban J connectivity index is 1.85. The van der Waals surface area contributed by atoms with Crippen molar-refractivity contribution >= 4 is 23.2 Å². The largest absolute Gasteiger partial charge is 0.491 e. The Morgan fingerprint density at radius 2 is 1.04 bits per heavy atom. The molecule has 0 spiro atoms. The molecule has 136 valence electrons. The third-order valence-electron chi connectivity index (χ3n) is 3.50. The van der Waals surface area contributed by atoms with Crippen LogP contribution in [0.15, 0.2) is 48.5 Å². The van der Waals surface area contributed by atoms with Crippen LogP contribution < -0.4 is 9.47 Å². The van der Waals surface area contributed by atoms with Gasteiger partial charge in [0.1, 0.15) is 36.9 Å². The number of benzene rings is 2. The van der Waals surface area contributed by atoms with Crippen molar-refractivity contribution in [3.05, 3.63) is 59.7 Å². The van der Waals surface area contributed by atoms with Crippen LogP contribution in [0.2, 0.25) is 0 Å². The third-order valence-corrected chi connectivity index (χ3v) is 4.21. The van der Waals surface area contributed by atoms with Crippen molar-refractivity contribution in [2.24, 2.45) is 0 Å². The quantitative estimate of drug-likeness (QED) is 0.617. The molecule has 2 unspecified atom stereocenters. The Labute approximate surface area is 157 Å². The van der Waals surface area contributed by atoms with Crippen molar-refractivity contribution in [3.63, 3.8) is 0 Å². The molecule has 0 aliphatic heterocycles. The molecule has 0 aliphatic carbocycles. The number of alkyl halides is 2. The van der Waals surface area contributed by atoms with Crippen LogP contribution >= 0.6 is 23.2 Å². The zero-order valence-electron chi connectivity index (χ0n) is 13.8. The van der Waals surface area contributed by atoms with Crippen LogP contribution in [-0.2, 0) is 6.42 Å². The fraction of sp³-hybridized carbons (Fsp3) is 0.368. The summed E-state index contributed by atoms with van der Waals surface area (Å²) in [7, 11) is 0. The van der Waals surface area contributed by atoms with Crippen LogP contribution in [0.3, 0.4) is 0 Å². The van der Waals surface area contributed by atoms with Crippen LogP contribution in [0.25, 0.3) is 0 Å². The van der Waals surface area contributed by atoms with Gasteiger partial charge in [-0.3, -0.25) is 0 Å². The van der Waals surface area contributed by atoms with Gasteiger partial charge in [0.15, 0.2) is 0 Å². The SMILES string of the molecule is OC(CCl)COc1ccc(Cc2ccc(OCC(O)CCl)cc2)cc1. The van der Waals surface area contributed by atoms with Crippen LogP contribution in [0.5, 0.6) is 11.5 Å². The topological polar surface area (TPSA) is 58.9 Å². The molecule has 0 saturated carbocycles. The second-order valence-electron chi connectivity index (χ2n) is 5.70. The van der Waals surface area contributed by atoms with Crippen molar-refractivity contribution in [1.29, 1.82) is 0 Å². The first-order valence-corrected chi connectivity index (χ1v) is 9.09. The minimum Gasteiger partial charge on any atom is -0.491 e. The van der Waals surface area contributed by atoms with Gasteiger partial charge in [-0.2, -0.15) is 0 Å². The number of hydrogen-bond acceptors (Lipinski definition) is 4. The molecule has 0 aliphatic rings. The fourth-order valence-corrected chi connectivity index (χ4v) is 2.29. The average molecular weight is 385 g/mol. The molecule has 0 amide bonds. The van der Waals surface area contributed by atoms with E-state index in [1.54, 1.807) is 0 Å². The summed E-state index contributed by atoms with van der Waals surface area (Å²) in [6.07, 6.45) is -0.532. The normalized spacial score (nSPS) is 13.3. The standard InChI is InChI=1S/C19H22Cl2O4/c20-10-16(22)12-24-18-5-1-14(2-6-18)9-15-3-7-19(8-4-15)25-13-17(23)11-21/h1-8,16-17,22-23H,9-13H2. The van der Waals surface area contributed by atoms with Gasteiger partial charge in [-0.15, -0.1) is 23.2 Å². The van der Waals surface area contributed by atoms with Crippen LogP contribution in [-0.4, -0.2) is 47.4 Å². The first kappa shape index (κ1) is 19.9. The summed E-state index contributed by atoms with van der Waals surface area (Å²) < 4.78 is 10.9. The average Bonchev–Trinajstić information content (AvgIpc) is 2.66. The molecule has 0 radical (unpaired) electrons. The molecular formula is C19H22Cl2O4. The molecule has 0 fully saturated rings. The maximum atomic E-state index is 9.39. The lowest BCUT2D eigenvalue weighted by Gasteiger charge is -2.11. The van der Waals surface area contributed by atoms with Crippen molar-refractivity contribution in [3.8, 4) is 11.5 Å². The Morgan fingerprint density at radius 1 is 0.680 bits per heavy atom. The highest BCUT2D eigenvalue weighted by atomic mass is 35.5. The zero-order valence-corrected chi connectivity index (χ0v) is 15.3. The van der Waals surface area contributed by atoms with E-state index < -0.39 is 12.2 Å². The number of rotatable bonds is 10. The summed E-state index contributed by atoms with van der Waals surface area (Å²) in [6, 6.07) is 15.5. The lowest BCUT2D eigenvalue weighted by atomic mass is 10.0. The zero-order chi connectivity index (χ0) is 18.1. The van der Waals surface area contributed by atoms with E-state index in [1.807, 2.05) is 48.5 Å². The molecule has 0 saturated heterocycles. The number of ether oxygens (including phenoxy) is 2. The Hall–Kier alpha value is -1.46. The van der Waals surface area contributed by atoms with Crippen molar-refractivity contribution in [1.82, 2.24) is 0 Å². The number of aliphatic hydroxyl groups excluding tert-OH is 2. The molecule has 6 heteroatoms. The molecule has 0 bridgehead atoms. The van der Waals surface area contributed by atoms with E-state index in [4.69, 9.17) is 32.7 Å². The molecule has 2 aromatic rings. The first-order chi connectivity index (χ1) is 12.1. The number of hydrogen-bond donors (Lipinski definition) is 2. The maximum Gasteiger partial charge on any atom is 0.119 e. The molecule has 2 atom stereocenters. The lowest BCUT2D eigenvalue weighted by molar-refractivity contribution is 0.125. The summed E-state index contributed by atoms with van der Waals surface area (Å²) in [5.41, 5.74) is 2.30. The predicted molar refractivity (Wildman–Crippen MR) is 100 cm³/mol. The Kier molecular flexibility index (Phi) is 8.35. The summed E-state index contributed by atoms with van der Waals surface area (Å²) in [5, 5.41) is 18.8. The van der Waals surface area contributed by atoms with Gasteiger partial charge < -0.3 is 19.7 Å². The van der Waals surface area contributed by atoms with E-state index in [1.165, 1.54) is 0 Å². The summed E-state index contributed by atoms with van der Waals surface area (Å²) in [5.74, 6) is 1.72. The molecule has 0 heterocycles.